The first-order valence-corrected chi connectivity index (χ1v) is 9.38. The quantitative estimate of drug-likeness (QED) is 0.712. The molecule has 0 spiro atoms. The molecule has 0 amide bonds. The number of rotatable bonds is 6. The first kappa shape index (κ1) is 19.9. The zero-order chi connectivity index (χ0) is 20.4. The van der Waals surface area contributed by atoms with E-state index in [1.165, 1.54) is 7.11 Å². The van der Waals surface area contributed by atoms with Crippen LogP contribution in [0.4, 0.5) is 5.82 Å². The number of aromatic nitrogens is 2. The maximum absolute atomic E-state index is 12.8. The summed E-state index contributed by atoms with van der Waals surface area (Å²) in [5.41, 5.74) is 3.45. The van der Waals surface area contributed by atoms with Crippen molar-refractivity contribution in [1.29, 1.82) is 0 Å². The first-order chi connectivity index (χ1) is 13.5. The molecule has 0 bridgehead atoms. The van der Waals surface area contributed by atoms with E-state index in [1.807, 2.05) is 32.2 Å². The highest BCUT2D eigenvalue weighted by Crippen LogP contribution is 2.49. The molecular weight excluding hydrogens is 358 g/mol. The molecule has 2 atom stereocenters. The minimum atomic E-state index is -0.557. The minimum Gasteiger partial charge on any atom is -0.493 e. The van der Waals surface area contributed by atoms with E-state index in [9.17, 15) is 4.79 Å². The van der Waals surface area contributed by atoms with E-state index < -0.39 is 5.92 Å². The lowest BCUT2D eigenvalue weighted by Crippen LogP contribution is -2.33. The summed E-state index contributed by atoms with van der Waals surface area (Å²) < 4.78 is 18.1. The standard InChI is InChI=1S/C21H27N3O4/c1-7-9-14-18-17(13-10-8-11-15(26-4)19(13)27-5)16(21(25)28-6)12(2)22-20(18)24(3)23-14/h8,10-11,16-17H,7,9H2,1-6H3. The fourth-order valence-electron chi connectivity index (χ4n) is 4.03. The van der Waals surface area contributed by atoms with Crippen LogP contribution in [0.5, 0.6) is 11.5 Å². The van der Waals surface area contributed by atoms with E-state index in [-0.39, 0.29) is 11.9 Å². The van der Waals surface area contributed by atoms with Crippen molar-refractivity contribution in [2.75, 3.05) is 21.3 Å². The van der Waals surface area contributed by atoms with E-state index in [0.29, 0.717) is 17.2 Å². The molecule has 7 nitrogen and oxygen atoms in total. The Bertz CT molecular complexity index is 917. The molecule has 0 saturated carbocycles. The summed E-state index contributed by atoms with van der Waals surface area (Å²) in [7, 11) is 6.49. The number of hydrogen-bond acceptors (Lipinski definition) is 6. The summed E-state index contributed by atoms with van der Waals surface area (Å²) in [6, 6.07) is 5.71. The molecule has 1 aliphatic heterocycles. The summed E-state index contributed by atoms with van der Waals surface area (Å²) in [6.45, 7) is 3.97. The van der Waals surface area contributed by atoms with Gasteiger partial charge in [0.05, 0.1) is 27.0 Å². The zero-order valence-corrected chi connectivity index (χ0v) is 17.3. The molecule has 0 fully saturated rings. The molecule has 2 unspecified atom stereocenters. The average molecular weight is 385 g/mol. The number of carbonyl (C=O) groups excluding carboxylic acids is 1. The summed E-state index contributed by atoms with van der Waals surface area (Å²) in [5, 5.41) is 4.70. The summed E-state index contributed by atoms with van der Waals surface area (Å²) in [5.74, 6) is 0.796. The number of aliphatic imine (C=N–C) groups is 1. The maximum Gasteiger partial charge on any atom is 0.315 e. The third-order valence-electron chi connectivity index (χ3n) is 5.22. The van der Waals surface area contributed by atoms with Crippen LogP contribution < -0.4 is 9.47 Å². The number of methoxy groups -OCH3 is 3. The van der Waals surface area contributed by atoms with Crippen molar-refractivity contribution in [3.8, 4) is 11.5 Å². The third kappa shape index (κ3) is 3.15. The second-order valence-electron chi connectivity index (χ2n) is 6.87. The number of hydrogen-bond donors (Lipinski definition) is 0. The van der Waals surface area contributed by atoms with Crippen LogP contribution in [0.1, 0.15) is 43.0 Å². The molecule has 1 aliphatic rings. The van der Waals surface area contributed by atoms with Crippen molar-refractivity contribution >= 4 is 17.5 Å². The van der Waals surface area contributed by atoms with Crippen LogP contribution in [0, 0.1) is 5.92 Å². The summed E-state index contributed by atoms with van der Waals surface area (Å²) in [4.78, 5) is 17.5. The smallest absolute Gasteiger partial charge is 0.315 e. The monoisotopic (exact) mass is 385 g/mol. The number of esters is 1. The number of fused-ring (bicyclic) bond motifs is 1. The second-order valence-corrected chi connectivity index (χ2v) is 6.87. The highest BCUT2D eigenvalue weighted by atomic mass is 16.5. The average Bonchev–Trinajstić information content (AvgIpc) is 3.01. The van der Waals surface area contributed by atoms with Crippen molar-refractivity contribution in [1.82, 2.24) is 9.78 Å². The number of benzene rings is 1. The van der Waals surface area contributed by atoms with Crippen molar-refractivity contribution in [3.63, 3.8) is 0 Å². The van der Waals surface area contributed by atoms with Gasteiger partial charge in [-0.25, -0.2) is 4.99 Å². The molecule has 1 aromatic carbocycles. The Labute approximate surface area is 165 Å². The normalized spacial score (nSPS) is 18.3. The Kier molecular flexibility index (Phi) is 5.72. The molecule has 0 saturated heterocycles. The molecule has 2 aromatic rings. The van der Waals surface area contributed by atoms with Gasteiger partial charge in [0.25, 0.3) is 0 Å². The van der Waals surface area contributed by atoms with Crippen molar-refractivity contribution in [3.05, 3.63) is 35.0 Å². The van der Waals surface area contributed by atoms with Crippen molar-refractivity contribution in [2.24, 2.45) is 18.0 Å². The topological polar surface area (TPSA) is 74.9 Å². The number of nitrogens with zero attached hydrogens (tertiary/aromatic N) is 3. The first-order valence-electron chi connectivity index (χ1n) is 9.38. The Morgan fingerprint density at radius 1 is 1.21 bits per heavy atom. The molecule has 3 rings (SSSR count). The zero-order valence-electron chi connectivity index (χ0n) is 17.3. The molecule has 1 aromatic heterocycles. The van der Waals surface area contributed by atoms with Gasteiger partial charge in [0.15, 0.2) is 17.3 Å². The van der Waals surface area contributed by atoms with Crippen LogP contribution in [0.25, 0.3) is 0 Å². The summed E-state index contributed by atoms with van der Waals surface area (Å²) in [6.07, 6.45) is 1.74. The van der Waals surface area contributed by atoms with Crippen molar-refractivity contribution < 1.29 is 19.0 Å². The molecule has 0 radical (unpaired) electrons. The van der Waals surface area contributed by atoms with Crippen LogP contribution in [0.15, 0.2) is 23.2 Å². The van der Waals surface area contributed by atoms with Gasteiger partial charge in [-0.2, -0.15) is 5.10 Å². The van der Waals surface area contributed by atoms with E-state index in [1.54, 1.807) is 18.9 Å². The molecule has 0 N–H and O–H groups in total. The van der Waals surface area contributed by atoms with Gasteiger partial charge < -0.3 is 14.2 Å². The predicted octanol–water partition coefficient (Wildman–Crippen LogP) is 3.42. The molecule has 2 heterocycles. The third-order valence-corrected chi connectivity index (χ3v) is 5.22. The fourth-order valence-corrected chi connectivity index (χ4v) is 4.03. The Hall–Kier alpha value is -2.83. The van der Waals surface area contributed by atoms with E-state index in [2.05, 4.69) is 6.92 Å². The Balaban J connectivity index is 2.33. The van der Waals surface area contributed by atoms with Gasteiger partial charge in [0, 0.05) is 29.8 Å². The van der Waals surface area contributed by atoms with Crippen LogP contribution in [-0.2, 0) is 23.0 Å². The van der Waals surface area contributed by atoms with Crippen LogP contribution in [0.3, 0.4) is 0 Å². The summed E-state index contributed by atoms with van der Waals surface area (Å²) >= 11 is 0. The Morgan fingerprint density at radius 3 is 2.57 bits per heavy atom. The van der Waals surface area contributed by atoms with Crippen LogP contribution in [-0.4, -0.2) is 42.8 Å². The van der Waals surface area contributed by atoms with E-state index >= 15 is 0 Å². The largest absolute Gasteiger partial charge is 0.493 e. The highest BCUT2D eigenvalue weighted by Gasteiger charge is 2.43. The minimum absolute atomic E-state index is 0.319. The van der Waals surface area contributed by atoms with Crippen LogP contribution in [0.2, 0.25) is 0 Å². The number of ether oxygens (including phenoxy) is 3. The predicted molar refractivity (Wildman–Crippen MR) is 107 cm³/mol. The lowest BCUT2D eigenvalue weighted by atomic mass is 9.75. The lowest BCUT2D eigenvalue weighted by Gasteiger charge is -2.31. The molecular formula is C21H27N3O4. The van der Waals surface area contributed by atoms with Gasteiger partial charge in [-0.05, 0) is 19.4 Å². The fraction of sp³-hybridized carbons (Fsp3) is 0.476. The van der Waals surface area contributed by atoms with Crippen LogP contribution >= 0.6 is 0 Å². The maximum atomic E-state index is 12.8. The van der Waals surface area contributed by atoms with Crippen molar-refractivity contribution in [2.45, 2.75) is 32.6 Å². The Morgan fingerprint density at radius 2 is 1.96 bits per heavy atom. The van der Waals surface area contributed by atoms with E-state index in [0.717, 1.165) is 35.5 Å². The number of aryl methyl sites for hydroxylation is 2. The molecule has 150 valence electrons. The van der Waals surface area contributed by atoms with Gasteiger partial charge in [-0.15, -0.1) is 0 Å². The van der Waals surface area contributed by atoms with Gasteiger partial charge in [-0.3, -0.25) is 9.48 Å². The SMILES string of the molecule is CCCc1nn(C)c2c1C(c1cccc(OC)c1OC)C(C(=O)OC)C(C)=N2. The number of carbonyl (C=O) groups is 1. The molecule has 7 heteroatoms. The van der Waals surface area contributed by atoms with E-state index in [4.69, 9.17) is 24.3 Å². The number of para-hydroxylation sites is 1. The van der Waals surface area contributed by atoms with Gasteiger partial charge in [0.2, 0.25) is 0 Å². The molecule has 28 heavy (non-hydrogen) atoms. The van der Waals surface area contributed by atoms with Gasteiger partial charge >= 0.3 is 5.97 Å². The second kappa shape index (κ2) is 8.04. The lowest BCUT2D eigenvalue weighted by molar-refractivity contribution is -0.143. The highest BCUT2D eigenvalue weighted by molar-refractivity contribution is 6.05. The molecule has 0 aliphatic carbocycles. The van der Waals surface area contributed by atoms with Gasteiger partial charge in [-0.1, -0.05) is 25.5 Å². The van der Waals surface area contributed by atoms with Gasteiger partial charge in [0.1, 0.15) is 5.92 Å².